The largest absolute Gasteiger partial charge is 0.497 e. The number of rotatable bonds is 4. The molecule has 3 aromatic carbocycles. The molecule has 0 radical (unpaired) electrons. The number of aryl methyl sites for hydroxylation is 2. The summed E-state index contributed by atoms with van der Waals surface area (Å²) >= 11 is 0. The second kappa shape index (κ2) is 7.32. The van der Waals surface area contributed by atoms with E-state index in [2.05, 4.69) is 35.1 Å². The number of ether oxygens (including phenoxy) is 1. The highest BCUT2D eigenvalue weighted by atomic mass is 16.5. The van der Waals surface area contributed by atoms with Crippen molar-refractivity contribution in [1.82, 2.24) is 19.1 Å². The second-order valence-corrected chi connectivity index (χ2v) is 7.58. The average molecular weight is 410 g/mol. The molecule has 0 fully saturated rings. The van der Waals surface area contributed by atoms with Gasteiger partial charge in [0.05, 0.1) is 41.5 Å². The molecule has 0 saturated heterocycles. The summed E-state index contributed by atoms with van der Waals surface area (Å²) < 4.78 is 8.71. The Labute approximate surface area is 179 Å². The van der Waals surface area contributed by atoms with Crippen molar-refractivity contribution in [2.24, 2.45) is 7.05 Å². The summed E-state index contributed by atoms with van der Waals surface area (Å²) in [6.07, 6.45) is 1.71. The first-order valence-corrected chi connectivity index (χ1v) is 10.0. The molecule has 31 heavy (non-hydrogen) atoms. The zero-order valence-corrected chi connectivity index (χ0v) is 17.6. The SMILES string of the molecule is COc1cccc(-n2c(=O)n(C)c3cc(-c4[nH]cnc4-c4cccc(C)c4)ccc32)c1. The zero-order chi connectivity index (χ0) is 21.5. The molecule has 0 aliphatic carbocycles. The molecule has 0 spiro atoms. The normalized spacial score (nSPS) is 11.2. The van der Waals surface area contributed by atoms with Gasteiger partial charge in [-0.2, -0.15) is 0 Å². The van der Waals surface area contributed by atoms with Crippen LogP contribution >= 0.6 is 0 Å². The molecule has 6 nitrogen and oxygen atoms in total. The van der Waals surface area contributed by atoms with Gasteiger partial charge in [-0.3, -0.25) is 9.13 Å². The lowest BCUT2D eigenvalue weighted by atomic mass is 10.0. The van der Waals surface area contributed by atoms with E-state index in [0.29, 0.717) is 5.75 Å². The minimum Gasteiger partial charge on any atom is -0.497 e. The monoisotopic (exact) mass is 410 g/mol. The summed E-state index contributed by atoms with van der Waals surface area (Å²) in [7, 11) is 3.41. The van der Waals surface area contributed by atoms with Crippen LogP contribution in [0.2, 0.25) is 0 Å². The number of fused-ring (bicyclic) bond motifs is 1. The molecule has 2 aromatic heterocycles. The number of imidazole rings is 2. The quantitative estimate of drug-likeness (QED) is 0.467. The number of nitrogens with one attached hydrogen (secondary N) is 1. The van der Waals surface area contributed by atoms with E-state index in [9.17, 15) is 4.79 Å². The van der Waals surface area contributed by atoms with Crippen molar-refractivity contribution in [3.05, 3.63) is 89.1 Å². The van der Waals surface area contributed by atoms with Gasteiger partial charge in [0, 0.05) is 24.2 Å². The highest BCUT2D eigenvalue weighted by Crippen LogP contribution is 2.31. The molecule has 6 heteroatoms. The summed E-state index contributed by atoms with van der Waals surface area (Å²) in [6, 6.07) is 21.8. The van der Waals surface area contributed by atoms with Gasteiger partial charge in [0.15, 0.2) is 0 Å². The van der Waals surface area contributed by atoms with Crippen LogP contribution in [0.4, 0.5) is 0 Å². The lowest BCUT2D eigenvalue weighted by molar-refractivity contribution is 0.414. The van der Waals surface area contributed by atoms with E-state index in [1.807, 2.05) is 48.5 Å². The lowest BCUT2D eigenvalue weighted by Gasteiger charge is -2.07. The molecule has 5 rings (SSSR count). The third-order valence-corrected chi connectivity index (χ3v) is 5.59. The number of hydrogen-bond acceptors (Lipinski definition) is 3. The molecule has 154 valence electrons. The van der Waals surface area contributed by atoms with Gasteiger partial charge in [-0.05, 0) is 37.3 Å². The fourth-order valence-corrected chi connectivity index (χ4v) is 4.02. The van der Waals surface area contributed by atoms with E-state index >= 15 is 0 Å². The van der Waals surface area contributed by atoms with Crippen molar-refractivity contribution >= 4 is 11.0 Å². The second-order valence-electron chi connectivity index (χ2n) is 7.58. The minimum absolute atomic E-state index is 0.107. The van der Waals surface area contributed by atoms with Crippen LogP contribution in [0.1, 0.15) is 5.56 Å². The summed E-state index contributed by atoms with van der Waals surface area (Å²) in [5.41, 5.74) is 7.36. The molecule has 0 saturated carbocycles. The number of aromatic amines is 1. The Morgan fingerprint density at radius 1 is 0.935 bits per heavy atom. The number of methoxy groups -OCH3 is 1. The maximum Gasteiger partial charge on any atom is 0.333 e. The van der Waals surface area contributed by atoms with Crippen molar-refractivity contribution in [3.8, 4) is 34.0 Å². The van der Waals surface area contributed by atoms with Gasteiger partial charge in [-0.25, -0.2) is 9.78 Å². The third-order valence-electron chi connectivity index (χ3n) is 5.59. The molecule has 0 amide bonds. The maximum absolute atomic E-state index is 13.1. The van der Waals surface area contributed by atoms with Crippen molar-refractivity contribution in [2.75, 3.05) is 7.11 Å². The Morgan fingerprint density at radius 2 is 1.77 bits per heavy atom. The van der Waals surface area contributed by atoms with Crippen LogP contribution in [0.3, 0.4) is 0 Å². The van der Waals surface area contributed by atoms with E-state index in [1.54, 1.807) is 29.6 Å². The van der Waals surface area contributed by atoms with E-state index in [1.165, 1.54) is 5.56 Å². The smallest absolute Gasteiger partial charge is 0.333 e. The predicted molar refractivity (Wildman–Crippen MR) is 123 cm³/mol. The predicted octanol–water partition coefficient (Wildman–Crippen LogP) is 4.70. The fraction of sp³-hybridized carbons (Fsp3) is 0.120. The van der Waals surface area contributed by atoms with Crippen LogP contribution < -0.4 is 10.4 Å². The van der Waals surface area contributed by atoms with E-state index < -0.39 is 0 Å². The fourth-order valence-electron chi connectivity index (χ4n) is 4.02. The van der Waals surface area contributed by atoms with Crippen molar-refractivity contribution < 1.29 is 4.74 Å². The molecule has 0 aliphatic heterocycles. The van der Waals surface area contributed by atoms with Gasteiger partial charge in [0.25, 0.3) is 0 Å². The Balaban J connectivity index is 1.68. The Hall–Kier alpha value is -4.06. The van der Waals surface area contributed by atoms with Gasteiger partial charge in [-0.15, -0.1) is 0 Å². The van der Waals surface area contributed by atoms with Gasteiger partial charge in [-0.1, -0.05) is 35.9 Å². The first-order valence-electron chi connectivity index (χ1n) is 10.0. The minimum atomic E-state index is -0.107. The Kier molecular flexibility index (Phi) is 4.47. The summed E-state index contributed by atoms with van der Waals surface area (Å²) in [5.74, 6) is 0.707. The highest BCUT2D eigenvalue weighted by molar-refractivity contribution is 5.87. The van der Waals surface area contributed by atoms with Gasteiger partial charge in [0.1, 0.15) is 5.75 Å². The van der Waals surface area contributed by atoms with E-state index in [-0.39, 0.29) is 5.69 Å². The first-order chi connectivity index (χ1) is 15.1. The van der Waals surface area contributed by atoms with Crippen LogP contribution in [0.15, 0.2) is 77.9 Å². The standard InChI is InChI=1S/C25H22N4O2/c1-16-6-4-7-17(12-16)23-24(27-15-26-23)18-10-11-21-22(13-18)28(2)25(30)29(21)19-8-5-9-20(14-19)31-3/h4-15H,1-3H3,(H,26,27). The molecule has 0 aliphatic rings. The van der Waals surface area contributed by atoms with E-state index in [4.69, 9.17) is 4.74 Å². The summed E-state index contributed by atoms with van der Waals surface area (Å²) in [4.78, 5) is 20.9. The number of H-pyrrole nitrogens is 1. The number of benzene rings is 3. The van der Waals surface area contributed by atoms with Crippen molar-refractivity contribution in [1.29, 1.82) is 0 Å². The Morgan fingerprint density at radius 3 is 2.58 bits per heavy atom. The molecular weight excluding hydrogens is 388 g/mol. The van der Waals surface area contributed by atoms with Gasteiger partial charge in [0.2, 0.25) is 0 Å². The van der Waals surface area contributed by atoms with Gasteiger partial charge >= 0.3 is 5.69 Å². The zero-order valence-electron chi connectivity index (χ0n) is 17.6. The van der Waals surface area contributed by atoms with Gasteiger partial charge < -0.3 is 9.72 Å². The molecule has 2 heterocycles. The molecule has 5 aromatic rings. The molecular formula is C25H22N4O2. The molecule has 0 unspecified atom stereocenters. The highest BCUT2D eigenvalue weighted by Gasteiger charge is 2.16. The topological polar surface area (TPSA) is 64.8 Å². The van der Waals surface area contributed by atoms with Crippen LogP contribution in [0, 0.1) is 6.92 Å². The van der Waals surface area contributed by atoms with Crippen LogP contribution in [0.5, 0.6) is 5.75 Å². The number of aromatic nitrogens is 4. The molecule has 0 atom stereocenters. The molecule has 1 N–H and O–H groups in total. The first kappa shape index (κ1) is 18.9. The summed E-state index contributed by atoms with van der Waals surface area (Å²) in [6.45, 7) is 2.07. The van der Waals surface area contributed by atoms with E-state index in [0.717, 1.165) is 39.2 Å². The maximum atomic E-state index is 13.1. The van der Waals surface area contributed by atoms with Crippen LogP contribution in [-0.2, 0) is 7.05 Å². The lowest BCUT2D eigenvalue weighted by Crippen LogP contribution is -2.20. The summed E-state index contributed by atoms with van der Waals surface area (Å²) in [5, 5.41) is 0. The van der Waals surface area contributed by atoms with Crippen LogP contribution in [-0.4, -0.2) is 26.2 Å². The van der Waals surface area contributed by atoms with Crippen molar-refractivity contribution in [2.45, 2.75) is 6.92 Å². The Bertz CT molecular complexity index is 1470. The third kappa shape index (κ3) is 3.13. The number of hydrogen-bond donors (Lipinski definition) is 1. The van der Waals surface area contributed by atoms with Crippen LogP contribution in [0.25, 0.3) is 39.2 Å². The number of nitrogens with zero attached hydrogens (tertiary/aromatic N) is 3. The average Bonchev–Trinajstić information content (AvgIpc) is 3.37. The van der Waals surface area contributed by atoms with Crippen molar-refractivity contribution in [3.63, 3.8) is 0 Å². The molecule has 0 bridgehead atoms.